The van der Waals surface area contributed by atoms with Crippen LogP contribution in [0.1, 0.15) is 39.0 Å². The summed E-state index contributed by atoms with van der Waals surface area (Å²) >= 11 is 0. The normalized spacial score (nSPS) is 14.0. The van der Waals surface area contributed by atoms with Crippen LogP contribution in [-0.2, 0) is 9.53 Å². The molecule has 0 fully saturated rings. The van der Waals surface area contributed by atoms with Crippen LogP contribution < -0.4 is 0 Å². The van der Waals surface area contributed by atoms with Crippen LogP contribution in [0.15, 0.2) is 24.3 Å². The molecule has 0 radical (unpaired) electrons. The van der Waals surface area contributed by atoms with Crippen molar-refractivity contribution in [2.24, 2.45) is 0 Å². The Morgan fingerprint density at radius 2 is 1.85 bits per heavy atom. The predicted molar refractivity (Wildman–Crippen MR) is 78.8 cm³/mol. The van der Waals surface area contributed by atoms with Crippen molar-refractivity contribution < 1.29 is 19.7 Å². The lowest BCUT2D eigenvalue weighted by Gasteiger charge is -2.09. The Labute approximate surface area is 121 Å². The minimum absolute atomic E-state index is 0.0273. The number of hydrogen-bond acceptors (Lipinski definition) is 4. The van der Waals surface area contributed by atoms with Gasteiger partial charge in [0.25, 0.3) is 0 Å². The molecule has 0 aromatic rings. The molecule has 20 heavy (non-hydrogen) atoms. The molecule has 2 N–H and O–H groups in total. The molecule has 0 aliphatic carbocycles. The van der Waals surface area contributed by atoms with E-state index >= 15 is 0 Å². The number of esters is 1. The van der Waals surface area contributed by atoms with E-state index in [0.717, 1.165) is 12.8 Å². The summed E-state index contributed by atoms with van der Waals surface area (Å²) in [7, 11) is 1.30. The molecule has 0 amide bonds. The van der Waals surface area contributed by atoms with Gasteiger partial charge in [0, 0.05) is 0 Å². The molecule has 0 unspecified atom stereocenters. The smallest absolute Gasteiger partial charge is 0.308 e. The Bertz CT molecular complexity index is 374. The van der Waals surface area contributed by atoms with Crippen LogP contribution in [0.2, 0.25) is 0 Å². The summed E-state index contributed by atoms with van der Waals surface area (Å²) in [5.41, 5.74) is 0. The van der Waals surface area contributed by atoms with E-state index < -0.39 is 18.2 Å². The van der Waals surface area contributed by atoms with Gasteiger partial charge in [-0.2, -0.15) is 0 Å². The summed E-state index contributed by atoms with van der Waals surface area (Å²) in [5, 5.41) is 19.2. The fourth-order valence-electron chi connectivity index (χ4n) is 1.55. The predicted octanol–water partition coefficient (Wildman–Crippen LogP) is 1.97. The van der Waals surface area contributed by atoms with Crippen LogP contribution in [0, 0.1) is 11.8 Å². The van der Waals surface area contributed by atoms with E-state index in [-0.39, 0.29) is 6.42 Å². The molecule has 112 valence electrons. The van der Waals surface area contributed by atoms with Gasteiger partial charge in [-0.05, 0) is 38.0 Å². The number of unbranched alkanes of at least 4 members (excludes halogenated alkanes) is 1. The first-order valence-corrected chi connectivity index (χ1v) is 6.82. The standard InChI is InChI=1S/C16H24O4/c1-3-4-5-6-7-10-14(17)11-8-9-12-15(18)13-16(19)20-2/h3-4,7,10,14-15,17-18H,8-9,11-13H2,1-2H3/b4-3+,10-7+/t14-,15+/m0/s1. The highest BCUT2D eigenvalue weighted by Crippen LogP contribution is 2.09. The number of rotatable bonds is 8. The average Bonchev–Trinajstić information content (AvgIpc) is 2.43. The van der Waals surface area contributed by atoms with Gasteiger partial charge in [0.2, 0.25) is 0 Å². The number of ether oxygens (including phenoxy) is 1. The quantitative estimate of drug-likeness (QED) is 0.405. The second-order valence-corrected chi connectivity index (χ2v) is 4.43. The number of carbonyl (C=O) groups is 1. The molecular formula is C16H24O4. The largest absolute Gasteiger partial charge is 0.469 e. The van der Waals surface area contributed by atoms with Crippen molar-refractivity contribution in [2.75, 3.05) is 7.11 Å². The van der Waals surface area contributed by atoms with Gasteiger partial charge < -0.3 is 14.9 Å². The molecule has 0 rings (SSSR count). The zero-order valence-electron chi connectivity index (χ0n) is 12.2. The molecule has 0 heterocycles. The maximum atomic E-state index is 10.9. The zero-order valence-corrected chi connectivity index (χ0v) is 12.2. The number of carbonyl (C=O) groups excluding carboxylic acids is 1. The molecule has 0 aromatic heterocycles. The summed E-state index contributed by atoms with van der Waals surface area (Å²) < 4.78 is 4.47. The van der Waals surface area contributed by atoms with Crippen molar-refractivity contribution in [3.63, 3.8) is 0 Å². The van der Waals surface area contributed by atoms with E-state index in [2.05, 4.69) is 16.6 Å². The Kier molecular flexibility index (Phi) is 11.5. The third-order valence-corrected chi connectivity index (χ3v) is 2.65. The van der Waals surface area contributed by atoms with Crippen LogP contribution >= 0.6 is 0 Å². The lowest BCUT2D eigenvalue weighted by atomic mass is 10.1. The van der Waals surface area contributed by atoms with Crippen LogP contribution in [0.3, 0.4) is 0 Å². The number of methoxy groups -OCH3 is 1. The highest BCUT2D eigenvalue weighted by atomic mass is 16.5. The average molecular weight is 280 g/mol. The Balaban J connectivity index is 3.69. The van der Waals surface area contributed by atoms with Crippen molar-refractivity contribution in [2.45, 2.75) is 51.2 Å². The summed E-state index contributed by atoms with van der Waals surface area (Å²) in [5.74, 6) is 5.17. The molecule has 0 saturated carbocycles. The van der Waals surface area contributed by atoms with E-state index in [9.17, 15) is 15.0 Å². The monoisotopic (exact) mass is 280 g/mol. The number of aliphatic hydroxyl groups is 2. The molecular weight excluding hydrogens is 256 g/mol. The van der Waals surface area contributed by atoms with Gasteiger partial charge in [-0.1, -0.05) is 30.8 Å². The second kappa shape index (κ2) is 12.5. The molecule has 4 nitrogen and oxygen atoms in total. The molecule has 0 aliphatic heterocycles. The fraction of sp³-hybridized carbons (Fsp3) is 0.562. The third kappa shape index (κ3) is 11.5. The van der Waals surface area contributed by atoms with Crippen LogP contribution in [0.5, 0.6) is 0 Å². The first-order valence-electron chi connectivity index (χ1n) is 6.82. The SMILES string of the molecule is C/C=C/C#C/C=C/[C@H](O)CCCC[C@@H](O)CC(=O)OC. The van der Waals surface area contributed by atoms with E-state index in [1.165, 1.54) is 7.11 Å². The summed E-state index contributed by atoms with van der Waals surface area (Å²) in [6, 6.07) is 0. The van der Waals surface area contributed by atoms with Gasteiger partial charge in [0.05, 0.1) is 25.7 Å². The lowest BCUT2D eigenvalue weighted by molar-refractivity contribution is -0.142. The van der Waals surface area contributed by atoms with Gasteiger partial charge in [-0.3, -0.25) is 4.79 Å². The molecule has 0 aliphatic rings. The third-order valence-electron chi connectivity index (χ3n) is 2.65. The minimum atomic E-state index is -0.665. The van der Waals surface area contributed by atoms with E-state index in [1.807, 2.05) is 13.0 Å². The first kappa shape index (κ1) is 18.4. The highest BCUT2D eigenvalue weighted by molar-refractivity contribution is 5.69. The molecule has 0 saturated heterocycles. The van der Waals surface area contributed by atoms with Gasteiger partial charge in [0.1, 0.15) is 0 Å². The zero-order chi connectivity index (χ0) is 15.2. The number of aliphatic hydroxyl groups excluding tert-OH is 2. The van der Waals surface area contributed by atoms with Gasteiger partial charge in [-0.15, -0.1) is 0 Å². The Morgan fingerprint density at radius 1 is 1.20 bits per heavy atom. The topological polar surface area (TPSA) is 66.8 Å². The molecule has 0 spiro atoms. The molecule has 4 heteroatoms. The maximum Gasteiger partial charge on any atom is 0.308 e. The van der Waals surface area contributed by atoms with Gasteiger partial charge in [0.15, 0.2) is 0 Å². The fourth-order valence-corrected chi connectivity index (χ4v) is 1.55. The number of hydrogen-bond donors (Lipinski definition) is 2. The second-order valence-electron chi connectivity index (χ2n) is 4.43. The van der Waals surface area contributed by atoms with Crippen molar-refractivity contribution in [3.8, 4) is 11.8 Å². The Morgan fingerprint density at radius 3 is 2.50 bits per heavy atom. The van der Waals surface area contributed by atoms with Crippen LogP contribution in [0.25, 0.3) is 0 Å². The highest BCUT2D eigenvalue weighted by Gasteiger charge is 2.10. The summed E-state index contributed by atoms with van der Waals surface area (Å²) in [4.78, 5) is 10.9. The maximum absolute atomic E-state index is 10.9. The number of allylic oxidation sites excluding steroid dienone is 3. The Hall–Kier alpha value is -1.57. The van der Waals surface area contributed by atoms with E-state index in [1.54, 1.807) is 18.2 Å². The van der Waals surface area contributed by atoms with Crippen molar-refractivity contribution in [3.05, 3.63) is 24.3 Å². The first-order chi connectivity index (χ1) is 9.60. The van der Waals surface area contributed by atoms with Gasteiger partial charge in [-0.25, -0.2) is 0 Å². The molecule has 0 aromatic carbocycles. The summed E-state index contributed by atoms with van der Waals surface area (Å²) in [6.07, 6.45) is 8.40. The van der Waals surface area contributed by atoms with Crippen LogP contribution in [-0.4, -0.2) is 35.5 Å². The van der Waals surface area contributed by atoms with Crippen molar-refractivity contribution >= 4 is 5.97 Å². The minimum Gasteiger partial charge on any atom is -0.469 e. The lowest BCUT2D eigenvalue weighted by Crippen LogP contribution is -2.14. The van der Waals surface area contributed by atoms with Gasteiger partial charge >= 0.3 is 5.97 Å². The molecule has 2 atom stereocenters. The van der Waals surface area contributed by atoms with Crippen LogP contribution in [0.4, 0.5) is 0 Å². The van der Waals surface area contributed by atoms with Crippen molar-refractivity contribution in [1.29, 1.82) is 0 Å². The summed E-state index contributed by atoms with van der Waals surface area (Å²) in [6.45, 7) is 1.89. The molecule has 0 bridgehead atoms. The van der Waals surface area contributed by atoms with Crippen molar-refractivity contribution in [1.82, 2.24) is 0 Å². The van der Waals surface area contributed by atoms with E-state index in [4.69, 9.17) is 0 Å². The van der Waals surface area contributed by atoms with E-state index in [0.29, 0.717) is 12.8 Å².